The zero-order chi connectivity index (χ0) is 24.4. The second kappa shape index (κ2) is 8.47. The first kappa shape index (κ1) is 25.4. The summed E-state index contributed by atoms with van der Waals surface area (Å²) in [5, 5.41) is 21.8. The van der Waals surface area contributed by atoms with Crippen molar-refractivity contribution in [3.8, 4) is 0 Å². The average molecular weight is 459 g/mol. The van der Waals surface area contributed by atoms with Crippen molar-refractivity contribution in [3.05, 3.63) is 11.6 Å². The second-order valence-corrected chi connectivity index (χ2v) is 13.9. The van der Waals surface area contributed by atoms with Gasteiger partial charge in [0.2, 0.25) is 0 Å². The molecule has 0 aliphatic heterocycles. The van der Waals surface area contributed by atoms with Crippen molar-refractivity contribution in [1.29, 1.82) is 0 Å². The fourth-order valence-electron chi connectivity index (χ4n) is 9.57. The van der Waals surface area contributed by atoms with Crippen molar-refractivity contribution in [2.75, 3.05) is 6.61 Å². The van der Waals surface area contributed by atoms with Crippen molar-refractivity contribution in [2.24, 2.45) is 51.2 Å². The van der Waals surface area contributed by atoms with Crippen LogP contribution in [0.25, 0.3) is 0 Å². The number of ketones is 1. The number of aliphatic hydroxyl groups is 2. The van der Waals surface area contributed by atoms with Crippen molar-refractivity contribution < 1.29 is 15.0 Å². The van der Waals surface area contributed by atoms with E-state index in [-0.39, 0.29) is 29.0 Å². The molecule has 33 heavy (non-hydrogen) atoms. The first-order valence-electron chi connectivity index (χ1n) is 13.9. The highest BCUT2D eigenvalue weighted by molar-refractivity contribution is 5.92. The van der Waals surface area contributed by atoms with Crippen LogP contribution in [-0.4, -0.2) is 28.7 Å². The summed E-state index contributed by atoms with van der Waals surface area (Å²) in [5.74, 6) is 2.68. The lowest BCUT2D eigenvalue weighted by Crippen LogP contribution is -2.60. The smallest absolute Gasteiger partial charge is 0.146 e. The monoisotopic (exact) mass is 458 g/mol. The van der Waals surface area contributed by atoms with Gasteiger partial charge in [0, 0.05) is 6.42 Å². The van der Waals surface area contributed by atoms with Crippen LogP contribution in [0.15, 0.2) is 11.6 Å². The molecule has 0 aromatic heterocycles. The lowest BCUT2D eigenvalue weighted by Gasteiger charge is -2.64. The van der Waals surface area contributed by atoms with Crippen molar-refractivity contribution in [2.45, 2.75) is 112 Å². The Labute approximate surface area is 202 Å². The van der Waals surface area contributed by atoms with Crippen molar-refractivity contribution >= 4 is 5.78 Å². The van der Waals surface area contributed by atoms with Gasteiger partial charge in [0.1, 0.15) is 5.78 Å². The number of carbonyl (C=O) groups excluding carboxylic acids is 1. The summed E-state index contributed by atoms with van der Waals surface area (Å²) in [4.78, 5) is 13.9. The quantitative estimate of drug-likeness (QED) is 0.443. The Morgan fingerprint density at radius 2 is 1.76 bits per heavy atom. The summed E-state index contributed by atoms with van der Waals surface area (Å²) < 4.78 is 0. The predicted octanol–water partition coefficient (Wildman–Crippen LogP) is 6.57. The van der Waals surface area contributed by atoms with E-state index in [0.717, 1.165) is 38.0 Å². The molecule has 4 aliphatic carbocycles. The molecule has 4 rings (SSSR count). The lowest BCUT2D eigenvalue weighted by molar-refractivity contribution is -0.148. The normalized spacial score (nSPS) is 45.3. The number of fused-ring (bicyclic) bond motifs is 5. The van der Waals surface area contributed by atoms with E-state index >= 15 is 0 Å². The molecule has 0 unspecified atom stereocenters. The van der Waals surface area contributed by atoms with Crippen LogP contribution in [0, 0.1) is 51.2 Å². The van der Waals surface area contributed by atoms with Crippen molar-refractivity contribution in [1.82, 2.24) is 0 Å². The van der Waals surface area contributed by atoms with E-state index in [1.807, 2.05) is 0 Å². The summed E-state index contributed by atoms with van der Waals surface area (Å²) in [7, 11) is 0. The number of hydrogen-bond donors (Lipinski definition) is 2. The molecule has 0 aromatic carbocycles. The van der Waals surface area contributed by atoms with Crippen LogP contribution in [0.3, 0.4) is 0 Å². The largest absolute Gasteiger partial charge is 0.395 e. The summed E-state index contributed by atoms with van der Waals surface area (Å²) in [5.41, 5.74) is 0.422. The van der Waals surface area contributed by atoms with E-state index in [0.29, 0.717) is 35.9 Å². The third kappa shape index (κ3) is 3.45. The topological polar surface area (TPSA) is 57.5 Å². The Balaban J connectivity index is 1.70. The molecule has 0 radical (unpaired) electrons. The van der Waals surface area contributed by atoms with E-state index < -0.39 is 5.41 Å². The maximum atomic E-state index is 13.9. The molecule has 4 aliphatic rings. The first-order valence-corrected chi connectivity index (χ1v) is 13.9. The van der Waals surface area contributed by atoms with Crippen molar-refractivity contribution in [3.63, 3.8) is 0 Å². The van der Waals surface area contributed by atoms with Crippen LogP contribution in [0.1, 0.15) is 106 Å². The van der Waals surface area contributed by atoms with Gasteiger partial charge in [-0.05, 0) is 77.9 Å². The van der Waals surface area contributed by atoms with Crippen LogP contribution in [0.5, 0.6) is 0 Å². The van der Waals surface area contributed by atoms with Crippen LogP contribution in [-0.2, 0) is 4.79 Å². The van der Waals surface area contributed by atoms with Gasteiger partial charge in [-0.15, -0.1) is 0 Å². The number of aliphatic hydroxyl groups excluding tert-OH is 2. The molecular formula is C30H50O3. The molecule has 3 fully saturated rings. The molecule has 8 atom stereocenters. The van der Waals surface area contributed by atoms with E-state index in [1.165, 1.54) is 24.8 Å². The highest BCUT2D eigenvalue weighted by atomic mass is 16.3. The number of hydrogen-bond acceptors (Lipinski definition) is 3. The predicted molar refractivity (Wildman–Crippen MR) is 135 cm³/mol. The summed E-state index contributed by atoms with van der Waals surface area (Å²) in [6, 6.07) is 0. The molecule has 0 spiro atoms. The highest BCUT2D eigenvalue weighted by Gasteiger charge is 2.70. The Hall–Kier alpha value is -0.670. The van der Waals surface area contributed by atoms with E-state index in [4.69, 9.17) is 0 Å². The SMILES string of the molecule is CC(C)CCC[C@@H](C)[C@H]1CC(=O)[C@@]2(CO)C3=CC[C@H]4C(C)(C)[C@@H](O)CC[C@]4(C)[C@H]3CC[C@]12C. The van der Waals surface area contributed by atoms with E-state index in [9.17, 15) is 15.0 Å². The molecule has 0 amide bonds. The number of Topliss-reactive ketones (excluding diaryl/α,β-unsaturated/α-hetero) is 1. The summed E-state index contributed by atoms with van der Waals surface area (Å²) >= 11 is 0. The number of carbonyl (C=O) groups is 1. The van der Waals surface area contributed by atoms with Gasteiger partial charge in [0.05, 0.1) is 18.1 Å². The maximum Gasteiger partial charge on any atom is 0.146 e. The third-order valence-corrected chi connectivity index (χ3v) is 11.7. The summed E-state index contributed by atoms with van der Waals surface area (Å²) in [6.07, 6.45) is 11.3. The second-order valence-electron chi connectivity index (χ2n) is 13.9. The first-order chi connectivity index (χ1) is 15.4. The molecule has 0 saturated heterocycles. The molecule has 0 heterocycles. The Bertz CT molecular complexity index is 796. The molecular weight excluding hydrogens is 408 g/mol. The van der Waals surface area contributed by atoms with Crippen LogP contribution in [0.2, 0.25) is 0 Å². The highest BCUT2D eigenvalue weighted by Crippen LogP contribution is 2.72. The molecule has 0 bridgehead atoms. The van der Waals surface area contributed by atoms with E-state index in [1.54, 1.807) is 0 Å². The average Bonchev–Trinajstić information content (AvgIpc) is 2.98. The Morgan fingerprint density at radius 3 is 2.39 bits per heavy atom. The fraction of sp³-hybridized carbons (Fsp3) is 0.900. The maximum absolute atomic E-state index is 13.9. The van der Waals surface area contributed by atoms with Gasteiger partial charge >= 0.3 is 0 Å². The third-order valence-electron chi connectivity index (χ3n) is 11.7. The molecule has 3 heteroatoms. The summed E-state index contributed by atoms with van der Waals surface area (Å²) in [6.45, 7) is 16.2. The zero-order valence-electron chi connectivity index (χ0n) is 22.4. The minimum atomic E-state index is -0.693. The molecule has 188 valence electrons. The van der Waals surface area contributed by atoms with Gasteiger partial charge < -0.3 is 10.2 Å². The Kier molecular flexibility index (Phi) is 6.53. The van der Waals surface area contributed by atoms with Crippen LogP contribution in [0.4, 0.5) is 0 Å². The number of allylic oxidation sites excluding steroid dienone is 1. The zero-order valence-corrected chi connectivity index (χ0v) is 22.4. The van der Waals surface area contributed by atoms with Gasteiger partial charge in [-0.3, -0.25) is 4.79 Å². The number of rotatable bonds is 6. The molecule has 3 saturated carbocycles. The van der Waals surface area contributed by atoms with Gasteiger partial charge in [0.15, 0.2) is 0 Å². The minimum Gasteiger partial charge on any atom is -0.395 e. The van der Waals surface area contributed by atoms with E-state index in [2.05, 4.69) is 54.5 Å². The van der Waals surface area contributed by atoms with Gasteiger partial charge in [-0.2, -0.15) is 0 Å². The van der Waals surface area contributed by atoms with Gasteiger partial charge in [-0.25, -0.2) is 0 Å². The van der Waals surface area contributed by atoms with Gasteiger partial charge in [0.25, 0.3) is 0 Å². The molecule has 3 nitrogen and oxygen atoms in total. The van der Waals surface area contributed by atoms with Crippen LogP contribution >= 0.6 is 0 Å². The van der Waals surface area contributed by atoms with Crippen LogP contribution < -0.4 is 0 Å². The fourth-order valence-corrected chi connectivity index (χ4v) is 9.57. The Morgan fingerprint density at radius 1 is 1.06 bits per heavy atom. The molecule has 2 N–H and O–H groups in total. The minimum absolute atomic E-state index is 0.0351. The standard InChI is InChI=1S/C30H50O3/c1-19(2)9-8-10-20(3)23-17-26(33)30(18-31)22-11-12-24-27(4,5)25(32)14-15-28(24,6)21(22)13-16-29(23,30)7/h11,19-21,23-25,31-32H,8-10,12-18H2,1-7H3/t20-,21+,23-,24+,25+,28-,29-,30-/m1/s1. The molecule has 0 aromatic rings. The lowest BCUT2D eigenvalue weighted by atomic mass is 9.40. The van der Waals surface area contributed by atoms with Gasteiger partial charge in [-0.1, -0.05) is 79.4 Å².